The second kappa shape index (κ2) is 9.91. The Balaban J connectivity index is 2.18. The van der Waals surface area contributed by atoms with Crippen molar-refractivity contribution in [3.8, 4) is 0 Å². The van der Waals surface area contributed by atoms with Gasteiger partial charge in [0.05, 0.1) is 0 Å². The maximum Gasteiger partial charge on any atom is 0.0255 e. The third-order valence-corrected chi connectivity index (χ3v) is 5.89. The highest BCUT2D eigenvalue weighted by molar-refractivity contribution is 8.00. The average molecular weight is 283 g/mol. The maximum absolute atomic E-state index is 2.60. The van der Waals surface area contributed by atoms with Crippen molar-refractivity contribution in [1.29, 1.82) is 0 Å². The zero-order chi connectivity index (χ0) is 14.1. The van der Waals surface area contributed by atoms with E-state index >= 15 is 0 Å². The first-order chi connectivity index (χ1) is 9.15. The van der Waals surface area contributed by atoms with Crippen LogP contribution in [0.15, 0.2) is 11.6 Å². The third-order valence-electron chi connectivity index (χ3n) is 4.38. The van der Waals surface area contributed by atoms with Gasteiger partial charge in [-0.15, -0.1) is 0 Å². The smallest absolute Gasteiger partial charge is 0.0255 e. The number of thioether (sulfide) groups is 1. The van der Waals surface area contributed by atoms with E-state index < -0.39 is 0 Å². The lowest BCUT2D eigenvalue weighted by Gasteiger charge is -2.28. The molecule has 0 bridgehead atoms. The number of rotatable bonds is 9. The van der Waals surface area contributed by atoms with Gasteiger partial charge in [0.2, 0.25) is 0 Å². The Morgan fingerprint density at radius 3 is 2.53 bits per heavy atom. The Bertz CT molecular complexity index is 254. The molecule has 0 N–H and O–H groups in total. The summed E-state index contributed by atoms with van der Waals surface area (Å²) in [5, 5.41) is 0.793. The van der Waals surface area contributed by atoms with Crippen molar-refractivity contribution in [3.05, 3.63) is 11.6 Å². The van der Waals surface area contributed by atoms with Gasteiger partial charge in [-0.3, -0.25) is 0 Å². The molecule has 2 unspecified atom stereocenters. The summed E-state index contributed by atoms with van der Waals surface area (Å²) < 4.78 is 0. The Labute approximate surface area is 125 Å². The fraction of sp³-hybridized carbons (Fsp3) is 0.889. The molecule has 0 amide bonds. The molecule has 0 fully saturated rings. The summed E-state index contributed by atoms with van der Waals surface area (Å²) in [6.07, 6.45) is 13.9. The zero-order valence-electron chi connectivity index (χ0n) is 13.6. The molecule has 2 atom stereocenters. The first-order valence-corrected chi connectivity index (χ1v) is 9.52. The highest BCUT2D eigenvalue weighted by Gasteiger charge is 2.22. The van der Waals surface area contributed by atoms with Crippen molar-refractivity contribution in [2.45, 2.75) is 84.3 Å². The van der Waals surface area contributed by atoms with Gasteiger partial charge in [0.25, 0.3) is 0 Å². The Hall–Kier alpha value is 0.0900. The lowest BCUT2D eigenvalue weighted by molar-refractivity contribution is 0.499. The Kier molecular flexibility index (Phi) is 8.94. The molecule has 0 saturated heterocycles. The molecule has 112 valence electrons. The predicted octanol–water partition coefficient (Wildman–Crippen LogP) is 6.46. The minimum atomic E-state index is 0.754. The molecule has 1 aliphatic rings. The molecule has 0 saturated carbocycles. The summed E-state index contributed by atoms with van der Waals surface area (Å²) in [6, 6.07) is 0. The van der Waals surface area contributed by atoms with E-state index in [1.165, 1.54) is 57.1 Å². The van der Waals surface area contributed by atoms with E-state index in [-0.39, 0.29) is 0 Å². The van der Waals surface area contributed by atoms with E-state index in [1.807, 2.05) is 0 Å². The van der Waals surface area contributed by atoms with Crippen LogP contribution in [0.25, 0.3) is 0 Å². The highest BCUT2D eigenvalue weighted by atomic mass is 32.2. The third kappa shape index (κ3) is 6.88. The van der Waals surface area contributed by atoms with Crippen LogP contribution in [0, 0.1) is 11.8 Å². The SMILES string of the molecule is CCCCCCCCSC1C=C(C(C)C)CCC1C. The summed E-state index contributed by atoms with van der Waals surface area (Å²) >= 11 is 2.21. The Morgan fingerprint density at radius 1 is 1.16 bits per heavy atom. The van der Waals surface area contributed by atoms with Crippen LogP contribution in [0.4, 0.5) is 0 Å². The van der Waals surface area contributed by atoms with E-state index in [4.69, 9.17) is 0 Å². The zero-order valence-corrected chi connectivity index (χ0v) is 14.4. The number of allylic oxidation sites excluding steroid dienone is 1. The lowest BCUT2D eigenvalue weighted by atomic mass is 9.86. The largest absolute Gasteiger partial charge is 0.154 e. The van der Waals surface area contributed by atoms with Gasteiger partial charge in [-0.1, -0.05) is 71.4 Å². The van der Waals surface area contributed by atoms with Gasteiger partial charge in [0.1, 0.15) is 0 Å². The summed E-state index contributed by atoms with van der Waals surface area (Å²) in [4.78, 5) is 0. The van der Waals surface area contributed by atoms with Gasteiger partial charge in [-0.25, -0.2) is 0 Å². The number of hydrogen-bond donors (Lipinski definition) is 0. The molecule has 1 heteroatoms. The molecule has 0 radical (unpaired) electrons. The molecule has 0 heterocycles. The van der Waals surface area contributed by atoms with E-state index in [2.05, 4.69) is 45.5 Å². The number of unbranched alkanes of at least 4 members (excludes halogenated alkanes) is 5. The van der Waals surface area contributed by atoms with Gasteiger partial charge in [0.15, 0.2) is 0 Å². The number of hydrogen-bond acceptors (Lipinski definition) is 1. The molecule has 0 aliphatic heterocycles. The molecule has 1 rings (SSSR count). The van der Waals surface area contributed by atoms with Crippen molar-refractivity contribution in [2.75, 3.05) is 5.75 Å². The summed E-state index contributed by atoms with van der Waals surface area (Å²) in [5.41, 5.74) is 1.71. The van der Waals surface area contributed by atoms with E-state index in [0.717, 1.165) is 17.1 Å². The average Bonchev–Trinajstić information content (AvgIpc) is 2.39. The monoisotopic (exact) mass is 282 g/mol. The van der Waals surface area contributed by atoms with E-state index in [0.29, 0.717) is 0 Å². The van der Waals surface area contributed by atoms with E-state index in [1.54, 1.807) is 5.57 Å². The lowest BCUT2D eigenvalue weighted by Crippen LogP contribution is -2.19. The summed E-state index contributed by atoms with van der Waals surface area (Å²) in [7, 11) is 0. The Morgan fingerprint density at radius 2 is 1.84 bits per heavy atom. The van der Waals surface area contributed by atoms with Crippen molar-refractivity contribution in [3.63, 3.8) is 0 Å². The molecule has 0 nitrogen and oxygen atoms in total. The molecular weight excluding hydrogens is 248 g/mol. The van der Waals surface area contributed by atoms with Crippen molar-refractivity contribution >= 4 is 11.8 Å². The van der Waals surface area contributed by atoms with E-state index in [9.17, 15) is 0 Å². The van der Waals surface area contributed by atoms with Gasteiger partial charge in [-0.2, -0.15) is 11.8 Å². The standard InChI is InChI=1S/C18H34S/c1-5-6-7-8-9-10-13-19-18-14-17(15(2)3)12-11-16(18)4/h14-16,18H,5-13H2,1-4H3. The van der Waals surface area contributed by atoms with Crippen LogP contribution in [-0.4, -0.2) is 11.0 Å². The molecule has 0 aromatic carbocycles. The molecule has 19 heavy (non-hydrogen) atoms. The molecule has 1 aliphatic carbocycles. The van der Waals surface area contributed by atoms with Crippen molar-refractivity contribution < 1.29 is 0 Å². The first-order valence-electron chi connectivity index (χ1n) is 8.47. The van der Waals surface area contributed by atoms with Crippen LogP contribution in [-0.2, 0) is 0 Å². The van der Waals surface area contributed by atoms with Crippen LogP contribution >= 0.6 is 11.8 Å². The second-order valence-corrected chi connectivity index (χ2v) is 7.80. The van der Waals surface area contributed by atoms with Crippen molar-refractivity contribution in [2.24, 2.45) is 11.8 Å². The fourth-order valence-electron chi connectivity index (χ4n) is 2.81. The van der Waals surface area contributed by atoms with Gasteiger partial charge >= 0.3 is 0 Å². The topological polar surface area (TPSA) is 0 Å². The quantitative estimate of drug-likeness (QED) is 0.345. The molecule has 0 aromatic rings. The van der Waals surface area contributed by atoms with Crippen LogP contribution in [0.5, 0.6) is 0 Å². The predicted molar refractivity (Wildman–Crippen MR) is 90.9 cm³/mol. The molecular formula is C18H34S. The molecule has 0 spiro atoms. The second-order valence-electron chi connectivity index (χ2n) is 6.52. The normalized spacial score (nSPS) is 23.7. The van der Waals surface area contributed by atoms with Crippen LogP contribution < -0.4 is 0 Å². The van der Waals surface area contributed by atoms with Gasteiger partial charge in [0, 0.05) is 5.25 Å². The van der Waals surface area contributed by atoms with Crippen molar-refractivity contribution in [1.82, 2.24) is 0 Å². The van der Waals surface area contributed by atoms with Crippen LogP contribution in [0.2, 0.25) is 0 Å². The van der Waals surface area contributed by atoms with Crippen LogP contribution in [0.3, 0.4) is 0 Å². The first kappa shape index (κ1) is 17.1. The fourth-order valence-corrected chi connectivity index (χ4v) is 4.19. The maximum atomic E-state index is 2.60. The summed E-state index contributed by atoms with van der Waals surface area (Å²) in [5.74, 6) is 3.00. The van der Waals surface area contributed by atoms with Gasteiger partial charge in [-0.05, 0) is 36.9 Å². The molecule has 0 aromatic heterocycles. The summed E-state index contributed by atoms with van der Waals surface area (Å²) in [6.45, 7) is 9.42. The minimum absolute atomic E-state index is 0.754. The van der Waals surface area contributed by atoms with Crippen LogP contribution in [0.1, 0.15) is 79.1 Å². The highest BCUT2D eigenvalue weighted by Crippen LogP contribution is 2.34. The minimum Gasteiger partial charge on any atom is -0.154 e. The van der Waals surface area contributed by atoms with Gasteiger partial charge < -0.3 is 0 Å².